The molecule has 0 aliphatic carbocycles. The van der Waals surface area contributed by atoms with Gasteiger partial charge in [-0.3, -0.25) is 4.79 Å². The first-order valence-corrected chi connectivity index (χ1v) is 10.4. The van der Waals surface area contributed by atoms with Gasteiger partial charge in [-0.05, 0) is 12.3 Å². The number of hydrogen-bond acceptors (Lipinski definition) is 6. The molecule has 146 valence electrons. The molecule has 0 N–H and O–H groups in total. The van der Waals surface area contributed by atoms with E-state index in [1.807, 2.05) is 13.8 Å². The first-order valence-electron chi connectivity index (χ1n) is 8.60. The summed E-state index contributed by atoms with van der Waals surface area (Å²) in [5.74, 6) is 1.76. The molecule has 1 saturated heterocycles. The Morgan fingerprint density at radius 1 is 1.15 bits per heavy atom. The van der Waals surface area contributed by atoms with E-state index in [1.165, 1.54) is 14.2 Å². The molecule has 1 atom stereocenters. The molecule has 0 unspecified atom stereocenters. The van der Waals surface area contributed by atoms with E-state index in [0.717, 1.165) is 0 Å². The summed E-state index contributed by atoms with van der Waals surface area (Å²) in [5.41, 5.74) is 0. The van der Waals surface area contributed by atoms with Gasteiger partial charge in [0, 0.05) is 30.8 Å². The third-order valence-corrected chi connectivity index (χ3v) is 5.97. The monoisotopic (exact) mass is 385 g/mol. The van der Waals surface area contributed by atoms with Crippen LogP contribution in [0.2, 0.25) is 0 Å². The van der Waals surface area contributed by atoms with Gasteiger partial charge in [0.1, 0.15) is 17.2 Å². The molecule has 1 aliphatic heterocycles. The maximum Gasteiger partial charge on any atom is 0.260 e. The third kappa shape index (κ3) is 5.52. The zero-order valence-electron chi connectivity index (χ0n) is 15.7. The van der Waals surface area contributed by atoms with E-state index in [4.69, 9.17) is 14.2 Å². The lowest BCUT2D eigenvalue weighted by atomic mass is 10.1. The van der Waals surface area contributed by atoms with Crippen molar-refractivity contribution in [3.63, 3.8) is 0 Å². The number of amides is 1. The molecule has 26 heavy (non-hydrogen) atoms. The summed E-state index contributed by atoms with van der Waals surface area (Å²) in [7, 11) is 0.00995. The van der Waals surface area contributed by atoms with Gasteiger partial charge < -0.3 is 19.1 Å². The summed E-state index contributed by atoms with van der Waals surface area (Å²) in [6.45, 7) is 4.33. The first-order chi connectivity index (χ1) is 12.2. The van der Waals surface area contributed by atoms with Crippen molar-refractivity contribution in [3.05, 3.63) is 18.2 Å². The van der Waals surface area contributed by atoms with Gasteiger partial charge in [-0.15, -0.1) is 0 Å². The largest absolute Gasteiger partial charge is 0.496 e. The van der Waals surface area contributed by atoms with Gasteiger partial charge in [-0.25, -0.2) is 8.42 Å². The average Bonchev–Trinajstić information content (AvgIpc) is 2.96. The molecule has 0 spiro atoms. The Bertz CT molecular complexity index is 709. The van der Waals surface area contributed by atoms with Crippen LogP contribution in [-0.2, 0) is 14.6 Å². The van der Waals surface area contributed by atoms with Gasteiger partial charge in [-0.1, -0.05) is 13.8 Å². The van der Waals surface area contributed by atoms with E-state index in [1.54, 1.807) is 23.1 Å². The Labute approximate surface area is 155 Å². The van der Waals surface area contributed by atoms with E-state index < -0.39 is 9.84 Å². The Morgan fingerprint density at radius 2 is 1.73 bits per heavy atom. The summed E-state index contributed by atoms with van der Waals surface area (Å²) < 4.78 is 39.6. The van der Waals surface area contributed by atoms with Crippen LogP contribution >= 0.6 is 0 Å². The van der Waals surface area contributed by atoms with Gasteiger partial charge in [0.15, 0.2) is 16.4 Å². The second-order valence-corrected chi connectivity index (χ2v) is 9.06. The van der Waals surface area contributed by atoms with Crippen LogP contribution in [0.1, 0.15) is 20.3 Å². The maximum atomic E-state index is 12.7. The van der Waals surface area contributed by atoms with Crippen molar-refractivity contribution in [2.45, 2.75) is 26.3 Å². The third-order valence-electron chi connectivity index (χ3n) is 4.22. The van der Waals surface area contributed by atoms with Crippen LogP contribution in [0.25, 0.3) is 0 Å². The van der Waals surface area contributed by atoms with Gasteiger partial charge in [0.25, 0.3) is 5.91 Å². The number of sulfone groups is 1. The quantitative estimate of drug-likeness (QED) is 0.678. The highest BCUT2D eigenvalue weighted by atomic mass is 32.2. The van der Waals surface area contributed by atoms with Crippen molar-refractivity contribution in [1.29, 1.82) is 0 Å². The van der Waals surface area contributed by atoms with Crippen molar-refractivity contribution in [2.75, 3.05) is 38.9 Å². The topological polar surface area (TPSA) is 82.1 Å². The molecular formula is C18H27NO6S. The minimum Gasteiger partial charge on any atom is -0.496 e. The number of rotatable bonds is 8. The molecule has 1 aromatic rings. The number of methoxy groups -OCH3 is 2. The number of nitrogens with zero attached hydrogens (tertiary/aromatic N) is 1. The zero-order valence-corrected chi connectivity index (χ0v) is 16.5. The Morgan fingerprint density at radius 3 is 2.19 bits per heavy atom. The van der Waals surface area contributed by atoms with Gasteiger partial charge in [0.05, 0.1) is 25.7 Å². The van der Waals surface area contributed by atoms with Crippen molar-refractivity contribution >= 4 is 15.7 Å². The van der Waals surface area contributed by atoms with E-state index >= 15 is 0 Å². The maximum absolute atomic E-state index is 12.7. The number of carbonyl (C=O) groups is 1. The molecule has 1 amide bonds. The second-order valence-electron chi connectivity index (χ2n) is 6.83. The normalized spacial score (nSPS) is 18.6. The van der Waals surface area contributed by atoms with Crippen LogP contribution in [0, 0.1) is 5.92 Å². The lowest BCUT2D eigenvalue weighted by Crippen LogP contribution is -2.45. The van der Waals surface area contributed by atoms with Crippen molar-refractivity contribution in [1.82, 2.24) is 4.90 Å². The number of carbonyl (C=O) groups excluding carboxylic acids is 1. The highest BCUT2D eigenvalue weighted by Crippen LogP contribution is 2.27. The molecule has 1 fully saturated rings. The van der Waals surface area contributed by atoms with Crippen molar-refractivity contribution in [2.24, 2.45) is 5.92 Å². The Balaban J connectivity index is 2.07. The van der Waals surface area contributed by atoms with Crippen molar-refractivity contribution in [3.8, 4) is 17.2 Å². The molecule has 0 aromatic heterocycles. The lowest BCUT2D eigenvalue weighted by molar-refractivity contribution is -0.135. The fraction of sp³-hybridized carbons (Fsp3) is 0.611. The summed E-state index contributed by atoms with van der Waals surface area (Å²) in [5, 5.41) is 0. The Kier molecular flexibility index (Phi) is 6.75. The van der Waals surface area contributed by atoms with Crippen LogP contribution in [-0.4, -0.2) is 64.1 Å². The predicted molar refractivity (Wildman–Crippen MR) is 98.7 cm³/mol. The van der Waals surface area contributed by atoms with Crippen LogP contribution in [0.4, 0.5) is 0 Å². The smallest absolute Gasteiger partial charge is 0.260 e. The SMILES string of the molecule is COc1cc(OC)cc(OCC(=O)N(CC(C)C)[C@H]2CCS(=O)(=O)C2)c1. The summed E-state index contributed by atoms with van der Waals surface area (Å²) in [4.78, 5) is 14.3. The fourth-order valence-electron chi connectivity index (χ4n) is 2.96. The molecule has 8 heteroatoms. The molecule has 0 saturated carbocycles. The van der Waals surface area contributed by atoms with E-state index in [0.29, 0.717) is 30.2 Å². The van der Waals surface area contributed by atoms with Gasteiger partial charge in [-0.2, -0.15) is 0 Å². The minimum atomic E-state index is -3.06. The molecule has 1 aromatic carbocycles. The van der Waals surface area contributed by atoms with Crippen molar-refractivity contribution < 1.29 is 27.4 Å². The van der Waals surface area contributed by atoms with Gasteiger partial charge >= 0.3 is 0 Å². The molecule has 1 aliphatic rings. The predicted octanol–water partition coefficient (Wildman–Crippen LogP) is 1.75. The van der Waals surface area contributed by atoms with Crippen LogP contribution in [0.3, 0.4) is 0 Å². The van der Waals surface area contributed by atoms with Crippen LogP contribution in [0.5, 0.6) is 17.2 Å². The number of ether oxygens (including phenoxy) is 3. The molecule has 7 nitrogen and oxygen atoms in total. The summed E-state index contributed by atoms with van der Waals surface area (Å²) in [6, 6.07) is 4.77. The lowest BCUT2D eigenvalue weighted by Gasteiger charge is -2.30. The van der Waals surface area contributed by atoms with E-state index in [9.17, 15) is 13.2 Å². The highest BCUT2D eigenvalue weighted by Gasteiger charge is 2.34. The zero-order chi connectivity index (χ0) is 19.3. The highest BCUT2D eigenvalue weighted by molar-refractivity contribution is 7.91. The minimum absolute atomic E-state index is 0.0262. The molecule has 1 heterocycles. The standard InChI is InChI=1S/C18H27NO6S/c1-13(2)10-19(14-5-6-26(21,22)12-14)18(20)11-25-17-8-15(23-3)7-16(9-17)24-4/h7-9,13-14H,5-6,10-12H2,1-4H3/t14-/m0/s1. The van der Waals surface area contributed by atoms with E-state index in [-0.39, 0.29) is 36.0 Å². The molecule has 2 rings (SSSR count). The summed E-state index contributed by atoms with van der Waals surface area (Å²) in [6.07, 6.45) is 0.480. The second kappa shape index (κ2) is 8.62. The molecular weight excluding hydrogens is 358 g/mol. The fourth-order valence-corrected chi connectivity index (χ4v) is 4.69. The summed E-state index contributed by atoms with van der Waals surface area (Å²) >= 11 is 0. The average molecular weight is 385 g/mol. The molecule has 0 bridgehead atoms. The van der Waals surface area contributed by atoms with Crippen LogP contribution in [0.15, 0.2) is 18.2 Å². The van der Waals surface area contributed by atoms with E-state index in [2.05, 4.69) is 0 Å². The first kappa shape index (κ1) is 20.4. The van der Waals surface area contributed by atoms with Gasteiger partial charge in [0.2, 0.25) is 0 Å². The molecule has 0 radical (unpaired) electrons. The number of benzene rings is 1. The number of hydrogen-bond donors (Lipinski definition) is 0. The van der Waals surface area contributed by atoms with Crippen LogP contribution < -0.4 is 14.2 Å². The Hall–Kier alpha value is -1.96.